The van der Waals surface area contributed by atoms with E-state index < -0.39 is 0 Å². The van der Waals surface area contributed by atoms with Crippen LogP contribution >= 0.6 is 23.1 Å². The molecule has 8 nitrogen and oxygen atoms in total. The Labute approximate surface area is 178 Å². The van der Waals surface area contributed by atoms with Gasteiger partial charge < -0.3 is 9.30 Å². The molecule has 0 aliphatic carbocycles. The lowest BCUT2D eigenvalue weighted by molar-refractivity contribution is -0.115. The van der Waals surface area contributed by atoms with Crippen molar-refractivity contribution in [3.63, 3.8) is 0 Å². The Hall–Kier alpha value is -2.46. The number of nitrogens with zero attached hydrogens (tertiary/aromatic N) is 5. The van der Waals surface area contributed by atoms with Crippen LogP contribution in [0.5, 0.6) is 5.75 Å². The van der Waals surface area contributed by atoms with Crippen LogP contribution in [0.1, 0.15) is 35.8 Å². The Kier molecular flexibility index (Phi) is 6.86. The van der Waals surface area contributed by atoms with Crippen molar-refractivity contribution in [1.82, 2.24) is 25.0 Å². The number of benzene rings is 1. The summed E-state index contributed by atoms with van der Waals surface area (Å²) in [5, 5.41) is 20.8. The molecule has 29 heavy (non-hydrogen) atoms. The number of carbonyl (C=O) groups excluding carboxylic acids is 1. The lowest BCUT2D eigenvalue weighted by atomic mass is 10.1. The van der Waals surface area contributed by atoms with E-state index in [1.165, 1.54) is 23.1 Å². The second kappa shape index (κ2) is 9.36. The first-order valence-corrected chi connectivity index (χ1v) is 11.0. The van der Waals surface area contributed by atoms with E-state index in [1.54, 1.807) is 0 Å². The van der Waals surface area contributed by atoms with Crippen molar-refractivity contribution in [3.05, 3.63) is 40.2 Å². The van der Waals surface area contributed by atoms with Gasteiger partial charge in [-0.1, -0.05) is 35.2 Å². The van der Waals surface area contributed by atoms with Crippen LogP contribution in [0, 0.1) is 20.8 Å². The first kappa shape index (κ1) is 21.3. The highest BCUT2D eigenvalue weighted by Gasteiger charge is 2.21. The summed E-state index contributed by atoms with van der Waals surface area (Å²) >= 11 is 2.70. The van der Waals surface area contributed by atoms with Gasteiger partial charge in [-0.05, 0) is 51.8 Å². The average molecular weight is 433 g/mol. The van der Waals surface area contributed by atoms with E-state index >= 15 is 0 Å². The molecule has 1 N–H and O–H groups in total. The van der Waals surface area contributed by atoms with Gasteiger partial charge in [0.2, 0.25) is 11.0 Å². The van der Waals surface area contributed by atoms with Gasteiger partial charge >= 0.3 is 0 Å². The Bertz CT molecular complexity index is 1000. The van der Waals surface area contributed by atoms with Crippen molar-refractivity contribution in [1.29, 1.82) is 0 Å². The van der Waals surface area contributed by atoms with E-state index in [4.69, 9.17) is 4.74 Å². The second-order valence-electron chi connectivity index (χ2n) is 6.58. The monoisotopic (exact) mass is 432 g/mol. The number of aryl methyl sites for hydroxylation is 3. The van der Waals surface area contributed by atoms with Gasteiger partial charge in [-0.2, -0.15) is 0 Å². The fourth-order valence-electron chi connectivity index (χ4n) is 2.60. The summed E-state index contributed by atoms with van der Waals surface area (Å²) in [5.74, 6) is 1.42. The standard InChI is InChI=1S/C19H24N6O2S2/c1-6-25-16(10-27-15-9-11(2)7-8-12(15)3)22-24-19(25)28-13(4)17(26)20-18-23-21-14(5)29-18/h7-9,13H,6,10H2,1-5H3,(H,20,23,26)/t13-/m0/s1. The van der Waals surface area contributed by atoms with E-state index in [1.807, 2.05) is 51.3 Å². The van der Waals surface area contributed by atoms with E-state index in [-0.39, 0.29) is 11.2 Å². The van der Waals surface area contributed by atoms with Crippen molar-refractivity contribution >= 4 is 34.1 Å². The van der Waals surface area contributed by atoms with Crippen LogP contribution in [0.15, 0.2) is 23.4 Å². The van der Waals surface area contributed by atoms with E-state index in [9.17, 15) is 4.79 Å². The minimum absolute atomic E-state index is 0.148. The zero-order valence-electron chi connectivity index (χ0n) is 17.1. The van der Waals surface area contributed by atoms with E-state index in [0.29, 0.717) is 23.4 Å². The third-order valence-electron chi connectivity index (χ3n) is 4.22. The number of ether oxygens (including phenoxy) is 1. The number of carbonyl (C=O) groups is 1. The molecule has 0 aliphatic rings. The zero-order valence-corrected chi connectivity index (χ0v) is 18.7. The number of rotatable bonds is 8. The molecule has 2 aromatic heterocycles. The Morgan fingerprint density at radius 3 is 2.72 bits per heavy atom. The van der Waals surface area contributed by atoms with Gasteiger partial charge in [0.25, 0.3) is 0 Å². The summed E-state index contributed by atoms with van der Waals surface area (Å²) in [6, 6.07) is 6.11. The van der Waals surface area contributed by atoms with Gasteiger partial charge in [0.1, 0.15) is 17.4 Å². The summed E-state index contributed by atoms with van der Waals surface area (Å²) in [6.07, 6.45) is 0. The number of aromatic nitrogens is 5. The van der Waals surface area contributed by atoms with E-state index in [2.05, 4.69) is 31.8 Å². The van der Waals surface area contributed by atoms with Gasteiger partial charge in [0, 0.05) is 6.54 Å². The number of hydrogen-bond acceptors (Lipinski definition) is 8. The van der Waals surface area contributed by atoms with Crippen molar-refractivity contribution in [2.24, 2.45) is 0 Å². The Morgan fingerprint density at radius 1 is 1.24 bits per heavy atom. The number of hydrogen-bond donors (Lipinski definition) is 1. The van der Waals surface area contributed by atoms with E-state index in [0.717, 1.165) is 27.7 Å². The molecular weight excluding hydrogens is 408 g/mol. The number of anilines is 1. The fourth-order valence-corrected chi connectivity index (χ4v) is 4.13. The summed E-state index contributed by atoms with van der Waals surface area (Å²) in [6.45, 7) is 10.7. The zero-order chi connectivity index (χ0) is 21.0. The van der Waals surface area contributed by atoms with Crippen molar-refractivity contribution in [2.45, 2.75) is 58.2 Å². The van der Waals surface area contributed by atoms with Crippen molar-refractivity contribution < 1.29 is 9.53 Å². The minimum atomic E-state index is -0.360. The first-order valence-electron chi connectivity index (χ1n) is 9.27. The number of nitrogens with one attached hydrogen (secondary N) is 1. The van der Waals surface area contributed by atoms with Crippen LogP contribution < -0.4 is 10.1 Å². The summed E-state index contributed by atoms with van der Waals surface area (Å²) in [7, 11) is 0. The molecule has 0 saturated carbocycles. The van der Waals surface area contributed by atoms with Gasteiger partial charge in [0.15, 0.2) is 11.0 Å². The van der Waals surface area contributed by atoms with Crippen molar-refractivity contribution in [3.8, 4) is 5.75 Å². The molecule has 0 radical (unpaired) electrons. The minimum Gasteiger partial charge on any atom is -0.485 e. The maximum Gasteiger partial charge on any atom is 0.239 e. The normalized spacial score (nSPS) is 12.0. The molecule has 1 atom stereocenters. The van der Waals surface area contributed by atoms with Gasteiger partial charge in [-0.15, -0.1) is 20.4 Å². The fraction of sp³-hybridized carbons (Fsp3) is 0.421. The summed E-state index contributed by atoms with van der Waals surface area (Å²) in [4.78, 5) is 12.4. The van der Waals surface area contributed by atoms with Gasteiger partial charge in [0.05, 0.1) is 5.25 Å². The Morgan fingerprint density at radius 2 is 2.03 bits per heavy atom. The SMILES string of the molecule is CCn1c(COc2cc(C)ccc2C)nnc1S[C@@H](C)C(=O)Nc1nnc(C)s1. The smallest absolute Gasteiger partial charge is 0.239 e. The largest absolute Gasteiger partial charge is 0.485 e. The molecule has 0 bridgehead atoms. The summed E-state index contributed by atoms with van der Waals surface area (Å²) in [5.41, 5.74) is 2.22. The third kappa shape index (κ3) is 5.33. The van der Waals surface area contributed by atoms with Crippen LogP contribution in [-0.2, 0) is 17.9 Å². The van der Waals surface area contributed by atoms with Crippen LogP contribution in [0.25, 0.3) is 0 Å². The van der Waals surface area contributed by atoms with Crippen LogP contribution in [0.4, 0.5) is 5.13 Å². The highest BCUT2D eigenvalue weighted by Crippen LogP contribution is 2.25. The number of amides is 1. The van der Waals surface area contributed by atoms with Gasteiger partial charge in [-0.3, -0.25) is 10.1 Å². The highest BCUT2D eigenvalue weighted by molar-refractivity contribution is 8.00. The molecule has 10 heteroatoms. The quantitative estimate of drug-likeness (QED) is 0.541. The Balaban J connectivity index is 1.65. The lowest BCUT2D eigenvalue weighted by Crippen LogP contribution is -2.23. The summed E-state index contributed by atoms with van der Waals surface area (Å²) < 4.78 is 7.93. The van der Waals surface area contributed by atoms with Crippen LogP contribution in [0.3, 0.4) is 0 Å². The third-order valence-corrected chi connectivity index (χ3v) is 6.05. The molecule has 3 rings (SSSR count). The lowest BCUT2D eigenvalue weighted by Gasteiger charge is -2.13. The first-order chi connectivity index (χ1) is 13.9. The highest BCUT2D eigenvalue weighted by atomic mass is 32.2. The van der Waals surface area contributed by atoms with Crippen LogP contribution in [-0.4, -0.2) is 36.1 Å². The van der Waals surface area contributed by atoms with Gasteiger partial charge in [-0.25, -0.2) is 0 Å². The van der Waals surface area contributed by atoms with Crippen molar-refractivity contribution in [2.75, 3.05) is 5.32 Å². The molecule has 1 aromatic carbocycles. The molecule has 0 aliphatic heterocycles. The second-order valence-corrected chi connectivity index (χ2v) is 9.07. The predicted octanol–water partition coefficient (Wildman–Crippen LogP) is 3.77. The average Bonchev–Trinajstić information content (AvgIpc) is 3.27. The molecule has 0 saturated heterocycles. The topological polar surface area (TPSA) is 94.8 Å². The molecule has 0 unspecified atom stereocenters. The molecular formula is C19H24N6O2S2. The molecule has 0 fully saturated rings. The molecule has 3 aromatic rings. The molecule has 154 valence electrons. The molecule has 1 amide bonds. The predicted molar refractivity (Wildman–Crippen MR) is 115 cm³/mol. The number of thioether (sulfide) groups is 1. The molecule has 0 spiro atoms. The maximum absolute atomic E-state index is 12.4. The van der Waals surface area contributed by atoms with Crippen LogP contribution in [0.2, 0.25) is 0 Å². The molecule has 2 heterocycles. The maximum atomic E-state index is 12.4.